The van der Waals surface area contributed by atoms with Crippen LogP contribution in [0.25, 0.3) is 0 Å². The van der Waals surface area contributed by atoms with Gasteiger partial charge < -0.3 is 9.47 Å². The minimum absolute atomic E-state index is 0.325. The molecule has 2 rings (SSSR count). The fraction of sp³-hybridized carbons (Fsp3) is 0.400. The molecule has 0 amide bonds. The Balaban J connectivity index is 2.04. The molecule has 0 radical (unpaired) electrons. The molecule has 1 aliphatic rings. The van der Waals surface area contributed by atoms with Crippen molar-refractivity contribution >= 4 is 5.97 Å². The van der Waals surface area contributed by atoms with Gasteiger partial charge in [0.1, 0.15) is 0 Å². The number of esters is 1. The first-order valence-electron chi connectivity index (χ1n) is 4.44. The molecule has 1 aliphatic heterocycles. The number of hydrogen-bond acceptors (Lipinski definition) is 4. The average molecular weight is 193 g/mol. The van der Waals surface area contributed by atoms with Gasteiger partial charge in [0.25, 0.3) is 0 Å². The highest BCUT2D eigenvalue weighted by Crippen LogP contribution is 2.14. The number of rotatable bonds is 3. The lowest BCUT2D eigenvalue weighted by molar-refractivity contribution is 0.0600. The Labute approximate surface area is 81.9 Å². The van der Waals surface area contributed by atoms with E-state index >= 15 is 0 Å². The second-order valence-corrected chi connectivity index (χ2v) is 3.19. The molecule has 0 aromatic carbocycles. The third-order valence-electron chi connectivity index (χ3n) is 2.09. The highest BCUT2D eigenvalue weighted by molar-refractivity contribution is 5.88. The Morgan fingerprint density at radius 3 is 3.00 bits per heavy atom. The fourth-order valence-electron chi connectivity index (χ4n) is 1.20. The summed E-state index contributed by atoms with van der Waals surface area (Å²) >= 11 is 0. The summed E-state index contributed by atoms with van der Waals surface area (Å²) in [6.07, 6.45) is 2.68. The summed E-state index contributed by atoms with van der Waals surface area (Å²) < 4.78 is 9.65. The third kappa shape index (κ3) is 2.09. The lowest BCUT2D eigenvalue weighted by Gasteiger charge is -2.00. The van der Waals surface area contributed by atoms with Gasteiger partial charge in [-0.25, -0.2) is 4.79 Å². The number of aromatic nitrogens is 1. The van der Waals surface area contributed by atoms with Crippen LogP contribution in [0.4, 0.5) is 0 Å². The van der Waals surface area contributed by atoms with Crippen molar-refractivity contribution in [2.75, 3.05) is 13.7 Å². The fourth-order valence-corrected chi connectivity index (χ4v) is 1.20. The molecule has 0 bridgehead atoms. The second-order valence-electron chi connectivity index (χ2n) is 3.19. The maximum atomic E-state index is 11.1. The molecule has 74 valence electrons. The average Bonchev–Trinajstić information content (AvgIpc) is 3.02. The van der Waals surface area contributed by atoms with Gasteiger partial charge in [0.2, 0.25) is 0 Å². The Kier molecular flexibility index (Phi) is 2.45. The molecule has 1 atom stereocenters. The zero-order valence-corrected chi connectivity index (χ0v) is 7.90. The summed E-state index contributed by atoms with van der Waals surface area (Å²) in [5.41, 5.74) is 1.42. The highest BCUT2D eigenvalue weighted by Gasteiger charge is 2.23. The normalized spacial score (nSPS) is 19.1. The van der Waals surface area contributed by atoms with E-state index in [1.807, 2.05) is 6.07 Å². The molecule has 0 N–H and O–H groups in total. The Morgan fingerprint density at radius 2 is 2.50 bits per heavy atom. The molecule has 0 aliphatic carbocycles. The number of pyridine rings is 1. The first kappa shape index (κ1) is 9.15. The second kappa shape index (κ2) is 3.75. The maximum Gasteiger partial charge on any atom is 0.339 e. The number of epoxide rings is 1. The van der Waals surface area contributed by atoms with Crippen LogP contribution in [0.5, 0.6) is 0 Å². The van der Waals surface area contributed by atoms with Crippen LogP contribution in [0.3, 0.4) is 0 Å². The van der Waals surface area contributed by atoms with Crippen molar-refractivity contribution in [3.8, 4) is 0 Å². The number of ether oxygens (including phenoxy) is 2. The molecule has 1 aromatic rings. The van der Waals surface area contributed by atoms with E-state index < -0.39 is 0 Å². The summed E-state index contributed by atoms with van der Waals surface area (Å²) in [4.78, 5) is 15.2. The minimum atomic E-state index is -0.355. The summed E-state index contributed by atoms with van der Waals surface area (Å²) in [5, 5.41) is 0. The van der Waals surface area contributed by atoms with Crippen molar-refractivity contribution in [3.63, 3.8) is 0 Å². The van der Waals surface area contributed by atoms with Gasteiger partial charge in [0.15, 0.2) is 0 Å². The SMILES string of the molecule is COC(=O)c1ccc(CC2CO2)nc1. The van der Waals surface area contributed by atoms with Gasteiger partial charge in [-0.3, -0.25) is 4.98 Å². The van der Waals surface area contributed by atoms with Crippen molar-refractivity contribution in [2.45, 2.75) is 12.5 Å². The molecule has 1 unspecified atom stereocenters. The molecule has 0 spiro atoms. The summed E-state index contributed by atoms with van der Waals surface area (Å²) in [6.45, 7) is 0.820. The first-order valence-corrected chi connectivity index (χ1v) is 4.44. The summed E-state index contributed by atoms with van der Waals surface area (Å²) in [6, 6.07) is 3.55. The molecule has 1 aromatic heterocycles. The number of hydrogen-bond donors (Lipinski definition) is 0. The molecule has 4 heteroatoms. The van der Waals surface area contributed by atoms with Gasteiger partial charge in [0, 0.05) is 18.3 Å². The van der Waals surface area contributed by atoms with Crippen molar-refractivity contribution in [1.82, 2.24) is 4.98 Å². The van der Waals surface area contributed by atoms with Gasteiger partial charge in [-0.1, -0.05) is 0 Å². The van der Waals surface area contributed by atoms with Gasteiger partial charge >= 0.3 is 5.97 Å². The first-order chi connectivity index (χ1) is 6.79. The van der Waals surface area contributed by atoms with Crippen LogP contribution in [-0.2, 0) is 15.9 Å². The van der Waals surface area contributed by atoms with Gasteiger partial charge in [0.05, 0.1) is 25.4 Å². The van der Waals surface area contributed by atoms with E-state index in [0.29, 0.717) is 11.7 Å². The van der Waals surface area contributed by atoms with Crippen LogP contribution in [-0.4, -0.2) is 30.8 Å². The van der Waals surface area contributed by atoms with Crippen LogP contribution in [0, 0.1) is 0 Å². The molecule has 14 heavy (non-hydrogen) atoms. The van der Waals surface area contributed by atoms with Crippen LogP contribution in [0.2, 0.25) is 0 Å². The minimum Gasteiger partial charge on any atom is -0.465 e. The van der Waals surface area contributed by atoms with E-state index in [2.05, 4.69) is 9.72 Å². The number of nitrogens with zero attached hydrogens (tertiary/aromatic N) is 1. The zero-order valence-electron chi connectivity index (χ0n) is 7.90. The smallest absolute Gasteiger partial charge is 0.339 e. The Hall–Kier alpha value is -1.42. The van der Waals surface area contributed by atoms with E-state index in [1.54, 1.807) is 6.07 Å². The largest absolute Gasteiger partial charge is 0.465 e. The molecular formula is C10H11NO3. The van der Waals surface area contributed by atoms with Crippen molar-refractivity contribution < 1.29 is 14.3 Å². The summed E-state index contributed by atoms with van der Waals surface area (Å²) in [7, 11) is 1.36. The van der Waals surface area contributed by atoms with E-state index in [4.69, 9.17) is 4.74 Å². The van der Waals surface area contributed by atoms with Crippen LogP contribution >= 0.6 is 0 Å². The topological polar surface area (TPSA) is 51.7 Å². The zero-order chi connectivity index (χ0) is 9.97. The molecule has 0 saturated carbocycles. The third-order valence-corrected chi connectivity index (χ3v) is 2.09. The molecular weight excluding hydrogens is 182 g/mol. The molecule has 1 saturated heterocycles. The van der Waals surface area contributed by atoms with Gasteiger partial charge in [-0.2, -0.15) is 0 Å². The van der Waals surface area contributed by atoms with E-state index in [1.165, 1.54) is 13.3 Å². The maximum absolute atomic E-state index is 11.1. The van der Waals surface area contributed by atoms with Gasteiger partial charge in [-0.05, 0) is 12.1 Å². The van der Waals surface area contributed by atoms with Crippen LogP contribution < -0.4 is 0 Å². The van der Waals surface area contributed by atoms with E-state index in [0.717, 1.165) is 18.7 Å². The molecule has 4 nitrogen and oxygen atoms in total. The van der Waals surface area contributed by atoms with Crippen molar-refractivity contribution in [2.24, 2.45) is 0 Å². The quantitative estimate of drug-likeness (QED) is 0.526. The van der Waals surface area contributed by atoms with Crippen LogP contribution in [0.15, 0.2) is 18.3 Å². The van der Waals surface area contributed by atoms with E-state index in [9.17, 15) is 4.79 Å². The molecule has 2 heterocycles. The van der Waals surface area contributed by atoms with Crippen molar-refractivity contribution in [3.05, 3.63) is 29.6 Å². The van der Waals surface area contributed by atoms with Gasteiger partial charge in [-0.15, -0.1) is 0 Å². The van der Waals surface area contributed by atoms with Crippen LogP contribution in [0.1, 0.15) is 16.1 Å². The predicted molar refractivity (Wildman–Crippen MR) is 49.0 cm³/mol. The lowest BCUT2D eigenvalue weighted by atomic mass is 10.2. The standard InChI is InChI=1S/C10H11NO3/c1-13-10(12)7-2-3-8(11-5-7)4-9-6-14-9/h2-3,5,9H,4,6H2,1H3. The van der Waals surface area contributed by atoms with Crippen molar-refractivity contribution in [1.29, 1.82) is 0 Å². The number of carbonyl (C=O) groups excluding carboxylic acids is 1. The highest BCUT2D eigenvalue weighted by atomic mass is 16.6. The lowest BCUT2D eigenvalue weighted by Crippen LogP contribution is -2.03. The predicted octanol–water partition coefficient (Wildman–Crippen LogP) is 0.809. The monoisotopic (exact) mass is 193 g/mol. The number of carbonyl (C=O) groups is 1. The Morgan fingerprint density at radius 1 is 1.71 bits per heavy atom. The number of methoxy groups -OCH3 is 1. The van der Waals surface area contributed by atoms with E-state index in [-0.39, 0.29) is 5.97 Å². The summed E-state index contributed by atoms with van der Waals surface area (Å²) in [5.74, 6) is -0.355. The molecule has 1 fully saturated rings. The Bertz CT molecular complexity index is 330.